The average Bonchev–Trinajstić information content (AvgIpc) is 2.76. The molecule has 0 unspecified atom stereocenters. The molecule has 1 saturated heterocycles. The summed E-state index contributed by atoms with van der Waals surface area (Å²) in [5.41, 5.74) is 3.12. The molecule has 7 heteroatoms. The minimum Gasteiger partial charge on any atom is -0.368 e. The van der Waals surface area contributed by atoms with E-state index in [0.717, 1.165) is 43.5 Å². The fourth-order valence-corrected chi connectivity index (χ4v) is 3.65. The Balaban J connectivity index is 1.83. The second-order valence-electron chi connectivity index (χ2n) is 7.08. The summed E-state index contributed by atoms with van der Waals surface area (Å²) in [5, 5.41) is 2.67. The topological polar surface area (TPSA) is 70.5 Å². The number of aromatic nitrogens is 2. The van der Waals surface area contributed by atoms with E-state index in [-0.39, 0.29) is 11.5 Å². The highest BCUT2D eigenvalue weighted by Gasteiger charge is 2.23. The monoisotopic (exact) mass is 395 g/mol. The van der Waals surface area contributed by atoms with E-state index in [4.69, 9.17) is 4.98 Å². The lowest BCUT2D eigenvalue weighted by Gasteiger charge is -2.37. The number of nitrogens with one attached hydrogen (secondary N) is 1. The molecule has 1 aliphatic rings. The molecule has 3 rings (SSSR count). The van der Waals surface area contributed by atoms with Gasteiger partial charge in [-0.15, -0.1) is 0 Å². The van der Waals surface area contributed by atoms with Crippen molar-refractivity contribution in [3.05, 3.63) is 57.5 Å². The van der Waals surface area contributed by atoms with E-state index >= 15 is 0 Å². The molecule has 2 heterocycles. The minimum absolute atomic E-state index is 0.0197. The van der Waals surface area contributed by atoms with E-state index in [1.165, 1.54) is 0 Å². The first-order chi connectivity index (χ1) is 14.0. The van der Waals surface area contributed by atoms with Gasteiger partial charge in [0.15, 0.2) is 0 Å². The molecule has 29 heavy (non-hydrogen) atoms. The first kappa shape index (κ1) is 20.6. The Hall–Kier alpha value is -3.09. The maximum atomic E-state index is 12.8. The summed E-state index contributed by atoms with van der Waals surface area (Å²) < 4.78 is 1.75. The number of hydrogen-bond donors (Lipinski definition) is 1. The molecule has 0 radical (unpaired) electrons. The van der Waals surface area contributed by atoms with Gasteiger partial charge >= 0.3 is 0 Å². The van der Waals surface area contributed by atoms with Gasteiger partial charge in [-0.3, -0.25) is 14.2 Å². The zero-order valence-electron chi connectivity index (χ0n) is 17.6. The molecule has 1 aromatic carbocycles. The SMILES string of the molecule is C/C=C\c1nc(N2CCN(c3cccc(C(=O)NC)c3)CC2)n(CC)c(=O)c1C. The second kappa shape index (κ2) is 8.94. The number of allylic oxidation sites excluding steroid dienone is 1. The first-order valence-corrected chi connectivity index (χ1v) is 10.1. The number of carbonyl (C=O) groups excluding carboxylic acids is 1. The van der Waals surface area contributed by atoms with Gasteiger partial charge in [0.2, 0.25) is 5.95 Å². The molecule has 7 nitrogen and oxygen atoms in total. The fourth-order valence-electron chi connectivity index (χ4n) is 3.65. The van der Waals surface area contributed by atoms with Crippen LogP contribution in [0.3, 0.4) is 0 Å². The van der Waals surface area contributed by atoms with Crippen molar-refractivity contribution >= 4 is 23.6 Å². The van der Waals surface area contributed by atoms with E-state index in [0.29, 0.717) is 17.7 Å². The molecule has 0 saturated carbocycles. The van der Waals surface area contributed by atoms with Crippen molar-refractivity contribution in [1.82, 2.24) is 14.9 Å². The van der Waals surface area contributed by atoms with Crippen LogP contribution in [-0.2, 0) is 6.54 Å². The molecule has 154 valence electrons. The summed E-state index contributed by atoms with van der Waals surface area (Å²) in [4.78, 5) is 33.9. The number of benzene rings is 1. The van der Waals surface area contributed by atoms with Crippen molar-refractivity contribution in [3.63, 3.8) is 0 Å². The van der Waals surface area contributed by atoms with Crippen molar-refractivity contribution in [2.45, 2.75) is 27.3 Å². The molecular weight excluding hydrogens is 366 g/mol. The van der Waals surface area contributed by atoms with Crippen LogP contribution in [0.1, 0.15) is 35.5 Å². The molecule has 1 N–H and O–H groups in total. The molecule has 1 aromatic heterocycles. The van der Waals surface area contributed by atoms with Gasteiger partial charge in [-0.05, 0) is 45.0 Å². The van der Waals surface area contributed by atoms with Gasteiger partial charge in [-0.25, -0.2) is 4.98 Å². The minimum atomic E-state index is -0.0854. The maximum Gasteiger partial charge on any atom is 0.258 e. The molecule has 0 spiro atoms. The van der Waals surface area contributed by atoms with Gasteiger partial charge in [0.25, 0.3) is 11.5 Å². The van der Waals surface area contributed by atoms with Gasteiger partial charge < -0.3 is 15.1 Å². The van der Waals surface area contributed by atoms with Crippen LogP contribution in [0.4, 0.5) is 11.6 Å². The van der Waals surface area contributed by atoms with Crippen LogP contribution in [-0.4, -0.2) is 48.7 Å². The fraction of sp³-hybridized carbons (Fsp3) is 0.409. The van der Waals surface area contributed by atoms with Crippen LogP contribution >= 0.6 is 0 Å². The Labute approximate surface area is 171 Å². The summed E-state index contributed by atoms with van der Waals surface area (Å²) in [6.45, 7) is 9.43. The van der Waals surface area contributed by atoms with Crippen LogP contribution in [0, 0.1) is 6.92 Å². The van der Waals surface area contributed by atoms with Crippen molar-refractivity contribution in [2.24, 2.45) is 0 Å². The highest BCUT2D eigenvalue weighted by atomic mass is 16.1. The number of hydrogen-bond acceptors (Lipinski definition) is 5. The predicted octanol–water partition coefficient (Wildman–Crippen LogP) is 2.29. The Kier molecular flexibility index (Phi) is 6.36. The zero-order valence-corrected chi connectivity index (χ0v) is 17.6. The number of amides is 1. The summed E-state index contributed by atoms with van der Waals surface area (Å²) >= 11 is 0. The number of carbonyl (C=O) groups is 1. The molecule has 0 atom stereocenters. The second-order valence-corrected chi connectivity index (χ2v) is 7.08. The van der Waals surface area contributed by atoms with E-state index in [1.54, 1.807) is 11.6 Å². The molecular formula is C22H29N5O2. The lowest BCUT2D eigenvalue weighted by Crippen LogP contribution is -2.48. The predicted molar refractivity (Wildman–Crippen MR) is 118 cm³/mol. The van der Waals surface area contributed by atoms with Gasteiger partial charge in [0, 0.05) is 56.6 Å². The highest BCUT2D eigenvalue weighted by Crippen LogP contribution is 2.21. The normalized spacial score (nSPS) is 14.5. The van der Waals surface area contributed by atoms with Crippen LogP contribution < -0.4 is 20.7 Å². The largest absolute Gasteiger partial charge is 0.368 e. The van der Waals surface area contributed by atoms with Gasteiger partial charge in [-0.1, -0.05) is 12.1 Å². The Morgan fingerprint density at radius 3 is 2.52 bits per heavy atom. The lowest BCUT2D eigenvalue weighted by molar-refractivity contribution is 0.0963. The van der Waals surface area contributed by atoms with Gasteiger partial charge in [0.05, 0.1) is 5.69 Å². The standard InChI is InChI=1S/C22H29N5O2/c1-5-8-19-16(3)21(29)27(6-2)22(24-19)26-13-11-25(12-14-26)18-10-7-9-17(15-18)20(28)23-4/h5,7-10,15H,6,11-14H2,1-4H3,(H,23,28)/b8-5-. The van der Waals surface area contributed by atoms with E-state index in [1.807, 2.05) is 57.2 Å². The van der Waals surface area contributed by atoms with Gasteiger partial charge in [0.1, 0.15) is 0 Å². The highest BCUT2D eigenvalue weighted by molar-refractivity contribution is 5.94. The first-order valence-electron chi connectivity index (χ1n) is 10.1. The van der Waals surface area contributed by atoms with E-state index in [2.05, 4.69) is 15.1 Å². The summed E-state index contributed by atoms with van der Waals surface area (Å²) in [5.74, 6) is 0.646. The Morgan fingerprint density at radius 2 is 1.90 bits per heavy atom. The third kappa shape index (κ3) is 4.18. The van der Waals surface area contributed by atoms with E-state index in [9.17, 15) is 9.59 Å². The zero-order chi connectivity index (χ0) is 21.0. The third-order valence-corrected chi connectivity index (χ3v) is 5.32. The van der Waals surface area contributed by atoms with Crippen molar-refractivity contribution in [3.8, 4) is 0 Å². The Bertz CT molecular complexity index is 972. The maximum absolute atomic E-state index is 12.8. The molecule has 1 amide bonds. The lowest BCUT2D eigenvalue weighted by atomic mass is 10.1. The van der Waals surface area contributed by atoms with Crippen molar-refractivity contribution < 1.29 is 4.79 Å². The smallest absolute Gasteiger partial charge is 0.258 e. The molecule has 1 aliphatic heterocycles. The number of piperazine rings is 1. The average molecular weight is 396 g/mol. The number of rotatable bonds is 5. The molecule has 2 aromatic rings. The van der Waals surface area contributed by atoms with Gasteiger partial charge in [-0.2, -0.15) is 0 Å². The van der Waals surface area contributed by atoms with Crippen LogP contribution in [0.5, 0.6) is 0 Å². The summed E-state index contributed by atoms with van der Waals surface area (Å²) in [6, 6.07) is 7.67. The van der Waals surface area contributed by atoms with Crippen molar-refractivity contribution in [1.29, 1.82) is 0 Å². The quantitative estimate of drug-likeness (QED) is 0.841. The van der Waals surface area contributed by atoms with Crippen LogP contribution in [0.2, 0.25) is 0 Å². The summed E-state index contributed by atoms with van der Waals surface area (Å²) in [6.07, 6.45) is 3.80. The number of nitrogens with zero attached hydrogens (tertiary/aromatic N) is 4. The van der Waals surface area contributed by atoms with Crippen molar-refractivity contribution in [2.75, 3.05) is 43.0 Å². The van der Waals surface area contributed by atoms with Crippen LogP contribution in [0.15, 0.2) is 35.1 Å². The number of anilines is 2. The van der Waals surface area contributed by atoms with Crippen LogP contribution in [0.25, 0.3) is 6.08 Å². The summed E-state index contributed by atoms with van der Waals surface area (Å²) in [7, 11) is 1.64. The van der Waals surface area contributed by atoms with E-state index < -0.39 is 0 Å². The molecule has 1 fully saturated rings. The third-order valence-electron chi connectivity index (χ3n) is 5.32. The Morgan fingerprint density at radius 1 is 1.21 bits per heavy atom. The molecule has 0 aliphatic carbocycles. The molecule has 0 bridgehead atoms.